The predicted octanol–water partition coefficient (Wildman–Crippen LogP) is 3.98. The second kappa shape index (κ2) is 9.42. The number of fused-ring (bicyclic) bond motifs is 2. The predicted molar refractivity (Wildman–Crippen MR) is 132 cm³/mol. The van der Waals surface area contributed by atoms with E-state index in [1.54, 1.807) is 11.8 Å². The van der Waals surface area contributed by atoms with Crippen molar-refractivity contribution in [3.63, 3.8) is 0 Å². The molecule has 0 radical (unpaired) electrons. The number of carbonyl (C=O) groups excluding carboxylic acids is 2. The standard InChI is InChI=1S/C25H26N4O4S/c1-3-28-21(17-4-7-22-23(13-17)33-11-10-32-22)14-26-25(28)34-15-24(31)27-19-5-6-20-18(12-19)8-9-29(20)16(2)30/h4-7,12-14H,3,8-11,15H2,1-2H3,(H,27,31). The van der Waals surface area contributed by atoms with Gasteiger partial charge in [0.05, 0.1) is 17.6 Å². The molecule has 0 spiro atoms. The summed E-state index contributed by atoms with van der Waals surface area (Å²) < 4.78 is 13.4. The number of carbonyl (C=O) groups is 2. The Balaban J connectivity index is 1.25. The van der Waals surface area contributed by atoms with E-state index < -0.39 is 0 Å². The number of nitrogens with one attached hydrogen (secondary N) is 1. The van der Waals surface area contributed by atoms with Gasteiger partial charge in [-0.25, -0.2) is 4.98 Å². The zero-order valence-electron chi connectivity index (χ0n) is 19.2. The molecule has 2 aliphatic heterocycles. The number of benzene rings is 2. The highest BCUT2D eigenvalue weighted by molar-refractivity contribution is 7.99. The molecule has 1 aromatic heterocycles. The van der Waals surface area contributed by atoms with E-state index in [1.807, 2.05) is 42.6 Å². The van der Waals surface area contributed by atoms with Crippen molar-refractivity contribution >= 4 is 35.0 Å². The summed E-state index contributed by atoms with van der Waals surface area (Å²) in [5.41, 5.74) is 4.71. The second-order valence-electron chi connectivity index (χ2n) is 8.13. The minimum Gasteiger partial charge on any atom is -0.486 e. The molecule has 0 saturated heterocycles. The average molecular weight is 479 g/mol. The lowest BCUT2D eigenvalue weighted by atomic mass is 10.1. The highest BCUT2D eigenvalue weighted by Crippen LogP contribution is 2.36. The number of amides is 2. The van der Waals surface area contributed by atoms with Crippen LogP contribution in [0, 0.1) is 0 Å². The van der Waals surface area contributed by atoms with E-state index in [-0.39, 0.29) is 17.6 Å². The van der Waals surface area contributed by atoms with Gasteiger partial charge in [0.25, 0.3) is 0 Å². The number of rotatable bonds is 6. The molecule has 1 N–H and O–H groups in total. The molecule has 34 heavy (non-hydrogen) atoms. The summed E-state index contributed by atoms with van der Waals surface area (Å²) in [6.07, 6.45) is 2.63. The Morgan fingerprint density at radius 3 is 2.74 bits per heavy atom. The maximum atomic E-state index is 12.6. The number of ether oxygens (including phenoxy) is 2. The van der Waals surface area contributed by atoms with Crippen LogP contribution in [-0.4, -0.2) is 46.9 Å². The fourth-order valence-electron chi connectivity index (χ4n) is 4.35. The molecule has 8 nitrogen and oxygen atoms in total. The highest BCUT2D eigenvalue weighted by atomic mass is 32.2. The van der Waals surface area contributed by atoms with Crippen LogP contribution in [0.3, 0.4) is 0 Å². The van der Waals surface area contributed by atoms with Crippen molar-refractivity contribution in [1.29, 1.82) is 0 Å². The van der Waals surface area contributed by atoms with Gasteiger partial charge in [0.15, 0.2) is 16.7 Å². The lowest BCUT2D eigenvalue weighted by molar-refractivity contribution is -0.116. The number of hydrogen-bond acceptors (Lipinski definition) is 6. The molecule has 2 aromatic carbocycles. The van der Waals surface area contributed by atoms with Crippen molar-refractivity contribution < 1.29 is 19.1 Å². The van der Waals surface area contributed by atoms with Crippen LogP contribution in [0.15, 0.2) is 47.8 Å². The van der Waals surface area contributed by atoms with Gasteiger partial charge >= 0.3 is 0 Å². The van der Waals surface area contributed by atoms with E-state index in [0.29, 0.717) is 19.8 Å². The third kappa shape index (κ3) is 4.35. The molecule has 0 bridgehead atoms. The van der Waals surface area contributed by atoms with Crippen LogP contribution in [0.2, 0.25) is 0 Å². The second-order valence-corrected chi connectivity index (χ2v) is 9.07. The number of nitrogens with zero attached hydrogens (tertiary/aromatic N) is 3. The number of hydrogen-bond donors (Lipinski definition) is 1. The van der Waals surface area contributed by atoms with E-state index >= 15 is 0 Å². The summed E-state index contributed by atoms with van der Waals surface area (Å²) >= 11 is 1.40. The molecule has 3 aromatic rings. The zero-order chi connectivity index (χ0) is 23.7. The molecule has 0 unspecified atom stereocenters. The minimum absolute atomic E-state index is 0.0361. The Bertz CT molecular complexity index is 1260. The number of anilines is 2. The van der Waals surface area contributed by atoms with Crippen LogP contribution >= 0.6 is 11.8 Å². The molecule has 9 heteroatoms. The van der Waals surface area contributed by atoms with E-state index in [4.69, 9.17) is 9.47 Å². The quantitative estimate of drug-likeness (QED) is 0.540. The van der Waals surface area contributed by atoms with Crippen LogP contribution in [0.25, 0.3) is 11.3 Å². The van der Waals surface area contributed by atoms with Gasteiger partial charge in [0, 0.05) is 37.0 Å². The van der Waals surface area contributed by atoms with Crippen molar-refractivity contribution in [2.24, 2.45) is 0 Å². The lowest BCUT2D eigenvalue weighted by Crippen LogP contribution is -2.25. The zero-order valence-corrected chi connectivity index (χ0v) is 20.0. The van der Waals surface area contributed by atoms with Gasteiger partial charge in [-0.05, 0) is 55.3 Å². The number of aromatic nitrogens is 2. The molecule has 5 rings (SSSR count). The topological polar surface area (TPSA) is 85.7 Å². The molecule has 0 saturated carbocycles. The summed E-state index contributed by atoms with van der Waals surface area (Å²) in [6.45, 7) is 6.14. The normalized spacial score (nSPS) is 14.1. The van der Waals surface area contributed by atoms with Crippen molar-refractivity contribution in [1.82, 2.24) is 9.55 Å². The van der Waals surface area contributed by atoms with Gasteiger partial charge in [-0.3, -0.25) is 9.59 Å². The molecule has 0 aliphatic carbocycles. The van der Waals surface area contributed by atoms with Crippen LogP contribution in [-0.2, 0) is 22.6 Å². The molecular formula is C25H26N4O4S. The first-order valence-electron chi connectivity index (χ1n) is 11.3. The summed E-state index contributed by atoms with van der Waals surface area (Å²) in [7, 11) is 0. The fourth-order valence-corrected chi connectivity index (χ4v) is 5.19. The van der Waals surface area contributed by atoms with Crippen LogP contribution in [0.1, 0.15) is 19.4 Å². The van der Waals surface area contributed by atoms with Gasteiger partial charge in [-0.2, -0.15) is 0 Å². The van der Waals surface area contributed by atoms with Gasteiger partial charge < -0.3 is 24.3 Å². The molecule has 3 heterocycles. The highest BCUT2D eigenvalue weighted by Gasteiger charge is 2.22. The molecule has 2 amide bonds. The van der Waals surface area contributed by atoms with Crippen molar-refractivity contribution in [2.45, 2.75) is 32.0 Å². The Hall–Kier alpha value is -3.46. The Morgan fingerprint density at radius 1 is 1.12 bits per heavy atom. The Morgan fingerprint density at radius 2 is 1.94 bits per heavy atom. The first-order chi connectivity index (χ1) is 16.5. The van der Waals surface area contributed by atoms with E-state index in [1.165, 1.54) is 11.8 Å². The van der Waals surface area contributed by atoms with Crippen molar-refractivity contribution in [3.05, 3.63) is 48.2 Å². The minimum atomic E-state index is -0.0992. The number of imidazole rings is 1. The average Bonchev–Trinajstić information content (AvgIpc) is 3.46. The summed E-state index contributed by atoms with van der Waals surface area (Å²) in [5, 5.41) is 3.75. The van der Waals surface area contributed by atoms with Gasteiger partial charge in [-0.1, -0.05) is 11.8 Å². The SMILES string of the molecule is CCn1c(-c2ccc3c(c2)OCCO3)cnc1SCC(=O)Nc1ccc2c(c1)CCN2C(C)=O. The van der Waals surface area contributed by atoms with Crippen LogP contribution < -0.4 is 19.7 Å². The van der Waals surface area contributed by atoms with Gasteiger partial charge in [-0.15, -0.1) is 0 Å². The van der Waals surface area contributed by atoms with E-state index in [0.717, 1.165) is 57.8 Å². The first kappa shape index (κ1) is 22.3. The maximum absolute atomic E-state index is 12.6. The van der Waals surface area contributed by atoms with Crippen molar-refractivity contribution in [2.75, 3.05) is 35.7 Å². The molecule has 0 fully saturated rings. The lowest BCUT2D eigenvalue weighted by Gasteiger charge is -2.19. The number of thioether (sulfide) groups is 1. The molecule has 0 atom stereocenters. The summed E-state index contributed by atoms with van der Waals surface area (Å²) in [5.74, 6) is 1.67. The summed E-state index contributed by atoms with van der Waals surface area (Å²) in [4.78, 5) is 30.7. The summed E-state index contributed by atoms with van der Waals surface area (Å²) in [6, 6.07) is 11.6. The largest absolute Gasteiger partial charge is 0.486 e. The fraction of sp³-hybridized carbons (Fsp3) is 0.320. The maximum Gasteiger partial charge on any atom is 0.234 e. The smallest absolute Gasteiger partial charge is 0.234 e. The molecular weight excluding hydrogens is 452 g/mol. The van der Waals surface area contributed by atoms with E-state index in [9.17, 15) is 9.59 Å². The van der Waals surface area contributed by atoms with Gasteiger partial charge in [0.2, 0.25) is 11.8 Å². The van der Waals surface area contributed by atoms with Crippen molar-refractivity contribution in [3.8, 4) is 22.8 Å². The third-order valence-corrected chi connectivity index (χ3v) is 6.93. The Labute approximate surface area is 202 Å². The monoisotopic (exact) mass is 478 g/mol. The van der Waals surface area contributed by atoms with Crippen LogP contribution in [0.5, 0.6) is 11.5 Å². The van der Waals surface area contributed by atoms with Crippen LogP contribution in [0.4, 0.5) is 11.4 Å². The van der Waals surface area contributed by atoms with Gasteiger partial charge in [0.1, 0.15) is 13.2 Å². The molecule has 176 valence electrons. The Kier molecular flexibility index (Phi) is 6.19. The van der Waals surface area contributed by atoms with E-state index in [2.05, 4.69) is 21.8 Å². The first-order valence-corrected chi connectivity index (χ1v) is 12.3. The third-order valence-electron chi connectivity index (χ3n) is 5.94. The molecule has 2 aliphatic rings.